The van der Waals surface area contributed by atoms with Gasteiger partial charge in [-0.25, -0.2) is 4.79 Å². The molecular weight excluding hydrogens is 296 g/mol. The van der Waals surface area contributed by atoms with Crippen molar-refractivity contribution >= 4 is 11.9 Å². The van der Waals surface area contributed by atoms with Gasteiger partial charge in [0, 0.05) is 13.0 Å². The maximum atomic E-state index is 12.0. The third-order valence-corrected chi connectivity index (χ3v) is 3.43. The fraction of sp³-hybridized carbons (Fsp3) is 0.889. The van der Waals surface area contributed by atoms with E-state index in [1.807, 2.05) is 6.92 Å². The highest BCUT2D eigenvalue weighted by atomic mass is 16.6. The second kappa shape index (κ2) is 15.8. The zero-order valence-corrected chi connectivity index (χ0v) is 15.1. The molecule has 23 heavy (non-hydrogen) atoms. The molecule has 1 unspecified atom stereocenters. The monoisotopic (exact) mass is 330 g/mol. The van der Waals surface area contributed by atoms with Crippen LogP contribution in [0.2, 0.25) is 0 Å². The lowest BCUT2D eigenvalue weighted by Crippen LogP contribution is -2.27. The molecule has 5 heteroatoms. The van der Waals surface area contributed by atoms with Crippen molar-refractivity contribution in [2.75, 3.05) is 19.8 Å². The minimum atomic E-state index is -0.568. The van der Waals surface area contributed by atoms with Gasteiger partial charge in [-0.05, 0) is 32.1 Å². The average Bonchev–Trinajstić information content (AvgIpc) is 2.54. The second-order valence-electron chi connectivity index (χ2n) is 5.70. The summed E-state index contributed by atoms with van der Waals surface area (Å²) in [4.78, 5) is 23.6. The second-order valence-corrected chi connectivity index (χ2v) is 5.70. The minimum absolute atomic E-state index is 0.204. The molecule has 0 spiro atoms. The summed E-state index contributed by atoms with van der Waals surface area (Å²) in [6.45, 7) is 7.63. The van der Waals surface area contributed by atoms with Crippen LogP contribution >= 0.6 is 0 Å². The van der Waals surface area contributed by atoms with Gasteiger partial charge in [-0.1, -0.05) is 40.0 Å². The van der Waals surface area contributed by atoms with Crippen LogP contribution in [0, 0.1) is 0 Å². The molecule has 136 valence electrons. The van der Waals surface area contributed by atoms with Gasteiger partial charge in [0.1, 0.15) is 0 Å². The quantitative estimate of drug-likeness (QED) is 0.335. The summed E-state index contributed by atoms with van der Waals surface area (Å²) in [7, 11) is 0. The number of ether oxygens (including phenoxy) is 3. The van der Waals surface area contributed by atoms with Crippen molar-refractivity contribution in [2.24, 2.45) is 0 Å². The number of carbonyl (C=O) groups is 2. The van der Waals surface area contributed by atoms with Crippen molar-refractivity contribution in [3.63, 3.8) is 0 Å². The zero-order chi connectivity index (χ0) is 17.3. The highest BCUT2D eigenvalue weighted by molar-refractivity contribution is 5.75. The van der Waals surface area contributed by atoms with Crippen LogP contribution in [0.4, 0.5) is 0 Å². The van der Waals surface area contributed by atoms with Crippen LogP contribution in [0.1, 0.15) is 78.6 Å². The van der Waals surface area contributed by atoms with E-state index in [-0.39, 0.29) is 11.9 Å². The van der Waals surface area contributed by atoms with E-state index in [0.717, 1.165) is 38.5 Å². The largest absolute Gasteiger partial charge is 0.466 e. The molecule has 0 aliphatic rings. The maximum absolute atomic E-state index is 12.0. The fourth-order valence-electron chi connectivity index (χ4n) is 1.88. The Hall–Kier alpha value is -1.10. The molecule has 0 fully saturated rings. The van der Waals surface area contributed by atoms with E-state index in [9.17, 15) is 9.59 Å². The smallest absolute Gasteiger partial charge is 0.335 e. The Morgan fingerprint density at radius 3 is 1.96 bits per heavy atom. The first-order valence-electron chi connectivity index (χ1n) is 9.09. The Bertz CT molecular complexity index is 304. The zero-order valence-electron chi connectivity index (χ0n) is 15.1. The first-order valence-corrected chi connectivity index (χ1v) is 9.09. The lowest BCUT2D eigenvalue weighted by atomic mass is 10.1. The molecule has 5 nitrogen and oxygen atoms in total. The van der Waals surface area contributed by atoms with Crippen molar-refractivity contribution in [3.05, 3.63) is 0 Å². The molecule has 0 N–H and O–H groups in total. The van der Waals surface area contributed by atoms with Crippen LogP contribution in [0.5, 0.6) is 0 Å². The third kappa shape index (κ3) is 13.1. The summed E-state index contributed by atoms with van der Waals surface area (Å²) in [6.07, 6.45) is 6.49. The Morgan fingerprint density at radius 2 is 1.35 bits per heavy atom. The highest BCUT2D eigenvalue weighted by Crippen LogP contribution is 2.10. The van der Waals surface area contributed by atoms with E-state index in [1.165, 1.54) is 0 Å². The van der Waals surface area contributed by atoms with Gasteiger partial charge in [-0.15, -0.1) is 0 Å². The summed E-state index contributed by atoms with van der Waals surface area (Å²) in [5.74, 6) is -0.515. The molecule has 0 aliphatic heterocycles. The normalized spacial score (nSPS) is 12.0. The van der Waals surface area contributed by atoms with Gasteiger partial charge in [0.25, 0.3) is 0 Å². The van der Waals surface area contributed by atoms with E-state index >= 15 is 0 Å². The first kappa shape index (κ1) is 21.9. The third-order valence-electron chi connectivity index (χ3n) is 3.43. The Morgan fingerprint density at radius 1 is 0.783 bits per heavy atom. The molecule has 0 rings (SSSR count). The van der Waals surface area contributed by atoms with Gasteiger partial charge >= 0.3 is 11.9 Å². The Labute approximate surface area is 141 Å². The Kier molecular flexibility index (Phi) is 15.0. The van der Waals surface area contributed by atoms with E-state index in [1.54, 1.807) is 0 Å². The topological polar surface area (TPSA) is 61.8 Å². The number of carbonyl (C=O) groups excluding carboxylic acids is 2. The molecule has 0 bridgehead atoms. The van der Waals surface area contributed by atoms with E-state index < -0.39 is 6.10 Å². The van der Waals surface area contributed by atoms with Gasteiger partial charge in [0.05, 0.1) is 13.2 Å². The highest BCUT2D eigenvalue weighted by Gasteiger charge is 2.21. The van der Waals surface area contributed by atoms with Crippen molar-refractivity contribution in [1.82, 2.24) is 0 Å². The summed E-state index contributed by atoms with van der Waals surface area (Å²) in [5.41, 5.74) is 0. The standard InChI is InChI=1S/C18H34O5/c1-4-7-13-21-16(18(20)23-15-9-6-3)11-10-12-17(19)22-14-8-5-2/h16H,4-15H2,1-3H3. The average molecular weight is 330 g/mol. The maximum Gasteiger partial charge on any atom is 0.335 e. The first-order chi connectivity index (χ1) is 11.2. The van der Waals surface area contributed by atoms with Crippen molar-refractivity contribution < 1.29 is 23.8 Å². The number of hydrogen-bond donors (Lipinski definition) is 0. The molecule has 1 atom stereocenters. The molecule has 0 aliphatic carbocycles. The molecule has 0 aromatic rings. The molecule has 0 radical (unpaired) electrons. The molecule has 0 saturated carbocycles. The predicted octanol–water partition coefficient (Wildman–Crippen LogP) is 4.03. The van der Waals surface area contributed by atoms with Crippen LogP contribution in [0.15, 0.2) is 0 Å². The SMILES string of the molecule is CCCCOC(=O)CCCC(OCCCC)C(=O)OCCCC. The lowest BCUT2D eigenvalue weighted by molar-refractivity contribution is -0.158. The molecule has 0 saturated heterocycles. The van der Waals surface area contributed by atoms with Crippen LogP contribution in [0.25, 0.3) is 0 Å². The van der Waals surface area contributed by atoms with Crippen molar-refractivity contribution in [3.8, 4) is 0 Å². The van der Waals surface area contributed by atoms with Crippen molar-refractivity contribution in [1.29, 1.82) is 0 Å². The van der Waals surface area contributed by atoms with Gasteiger partial charge in [-0.3, -0.25) is 4.79 Å². The number of esters is 2. The van der Waals surface area contributed by atoms with Gasteiger partial charge in [0.2, 0.25) is 0 Å². The van der Waals surface area contributed by atoms with Gasteiger partial charge in [0.15, 0.2) is 6.10 Å². The van der Waals surface area contributed by atoms with Crippen LogP contribution in [-0.4, -0.2) is 37.9 Å². The summed E-state index contributed by atoms with van der Waals surface area (Å²) in [5, 5.41) is 0. The number of unbranched alkanes of at least 4 members (excludes halogenated alkanes) is 3. The van der Waals surface area contributed by atoms with E-state index in [2.05, 4.69) is 13.8 Å². The summed E-state index contributed by atoms with van der Waals surface area (Å²) in [6, 6.07) is 0. The fourth-order valence-corrected chi connectivity index (χ4v) is 1.88. The predicted molar refractivity (Wildman–Crippen MR) is 90.2 cm³/mol. The Balaban J connectivity index is 4.08. The lowest BCUT2D eigenvalue weighted by Gasteiger charge is -2.16. The van der Waals surface area contributed by atoms with Crippen LogP contribution in [-0.2, 0) is 23.8 Å². The van der Waals surface area contributed by atoms with Crippen LogP contribution < -0.4 is 0 Å². The molecular formula is C18H34O5. The van der Waals surface area contributed by atoms with E-state index in [4.69, 9.17) is 14.2 Å². The summed E-state index contributed by atoms with van der Waals surface area (Å²) >= 11 is 0. The molecule has 0 aromatic carbocycles. The molecule has 0 amide bonds. The molecule has 0 aromatic heterocycles. The number of rotatable bonds is 15. The summed E-state index contributed by atoms with van der Waals surface area (Å²) < 4.78 is 16.0. The van der Waals surface area contributed by atoms with E-state index in [0.29, 0.717) is 39.1 Å². The van der Waals surface area contributed by atoms with Gasteiger partial charge in [-0.2, -0.15) is 0 Å². The molecule has 0 heterocycles. The number of hydrogen-bond acceptors (Lipinski definition) is 5. The minimum Gasteiger partial charge on any atom is -0.466 e. The van der Waals surface area contributed by atoms with Crippen molar-refractivity contribution in [2.45, 2.75) is 84.7 Å². The van der Waals surface area contributed by atoms with Gasteiger partial charge < -0.3 is 14.2 Å². The van der Waals surface area contributed by atoms with Crippen LogP contribution in [0.3, 0.4) is 0 Å².